The molecule has 1 rings (SSSR count). The van der Waals surface area contributed by atoms with Gasteiger partial charge in [-0.3, -0.25) is 4.31 Å². The average Bonchev–Trinajstić information content (AvgIpc) is 2.51. The molecule has 0 saturated heterocycles. The van der Waals surface area contributed by atoms with Crippen molar-refractivity contribution in [2.45, 2.75) is 13.8 Å². The normalized spacial score (nSPS) is 12.0. The molecule has 0 fully saturated rings. The lowest BCUT2D eigenvalue weighted by Gasteiger charge is -2.22. The first-order valence-corrected chi connectivity index (χ1v) is 10.8. The predicted octanol–water partition coefficient (Wildman–Crippen LogP) is 0.569. The fourth-order valence-electron chi connectivity index (χ4n) is 1.87. The van der Waals surface area contributed by atoms with E-state index in [9.17, 15) is 21.6 Å². The molecule has 1 aromatic rings. The monoisotopic (exact) mass is 378 g/mol. The molecule has 1 N–H and O–H groups in total. The van der Waals surface area contributed by atoms with Crippen LogP contribution in [0.3, 0.4) is 0 Å². The lowest BCUT2D eigenvalue weighted by Crippen LogP contribution is -2.38. The molecule has 0 heterocycles. The Bertz CT molecular complexity index is 757. The molecule has 0 radical (unpaired) electrons. The quantitative estimate of drug-likeness (QED) is 0.629. The maximum Gasteiger partial charge on any atom is 0.338 e. The van der Waals surface area contributed by atoms with Crippen LogP contribution in [-0.2, 0) is 24.8 Å². The number of nitrogens with zero attached hydrogens (tertiary/aromatic N) is 1. The standard InChI is InChI=1S/C14H22N2O6S2/c1-4-22-14(17)12-6-8-13(9-7-12)16(23(3,18)19)11-10-15-24(20,21)5-2/h6-9,15H,4-5,10-11H2,1-3H3. The lowest BCUT2D eigenvalue weighted by molar-refractivity contribution is 0.0526. The highest BCUT2D eigenvalue weighted by Gasteiger charge is 2.18. The summed E-state index contributed by atoms with van der Waals surface area (Å²) in [7, 11) is -7.00. The highest BCUT2D eigenvalue weighted by molar-refractivity contribution is 7.92. The minimum atomic E-state index is -3.60. The molecular weight excluding hydrogens is 356 g/mol. The summed E-state index contributed by atoms with van der Waals surface area (Å²) in [5.41, 5.74) is 0.641. The molecule has 0 aliphatic carbocycles. The van der Waals surface area contributed by atoms with Crippen molar-refractivity contribution < 1.29 is 26.4 Å². The molecule has 0 aromatic heterocycles. The van der Waals surface area contributed by atoms with Gasteiger partial charge >= 0.3 is 5.97 Å². The van der Waals surface area contributed by atoms with Gasteiger partial charge in [-0.2, -0.15) is 0 Å². The van der Waals surface area contributed by atoms with Crippen molar-refractivity contribution >= 4 is 31.7 Å². The maximum atomic E-state index is 11.9. The molecule has 8 nitrogen and oxygen atoms in total. The highest BCUT2D eigenvalue weighted by Crippen LogP contribution is 2.18. The number of ether oxygens (including phenoxy) is 1. The SMILES string of the molecule is CCOC(=O)c1ccc(N(CCNS(=O)(=O)CC)S(C)(=O)=O)cc1. The summed E-state index contributed by atoms with van der Waals surface area (Å²) in [6.07, 6.45) is 1.03. The summed E-state index contributed by atoms with van der Waals surface area (Å²) in [5, 5.41) is 0. The van der Waals surface area contributed by atoms with Crippen molar-refractivity contribution in [2.75, 3.05) is 36.0 Å². The number of hydrogen-bond donors (Lipinski definition) is 1. The Morgan fingerprint density at radius 1 is 1.12 bits per heavy atom. The fraction of sp³-hybridized carbons (Fsp3) is 0.500. The first-order chi connectivity index (χ1) is 11.1. The Morgan fingerprint density at radius 2 is 1.71 bits per heavy atom. The minimum Gasteiger partial charge on any atom is -0.462 e. The second-order valence-corrected chi connectivity index (χ2v) is 8.90. The molecule has 0 amide bonds. The van der Waals surface area contributed by atoms with E-state index in [-0.39, 0.29) is 25.4 Å². The van der Waals surface area contributed by atoms with Gasteiger partial charge in [0, 0.05) is 13.1 Å². The van der Waals surface area contributed by atoms with Crippen LogP contribution in [-0.4, -0.2) is 54.5 Å². The van der Waals surface area contributed by atoms with Crippen LogP contribution in [0.25, 0.3) is 0 Å². The number of hydrogen-bond acceptors (Lipinski definition) is 6. The summed E-state index contributed by atoms with van der Waals surface area (Å²) in [6, 6.07) is 5.87. The van der Waals surface area contributed by atoms with E-state index in [2.05, 4.69) is 4.72 Å². The van der Waals surface area contributed by atoms with Crippen LogP contribution in [0.4, 0.5) is 5.69 Å². The van der Waals surface area contributed by atoms with Gasteiger partial charge < -0.3 is 4.74 Å². The van der Waals surface area contributed by atoms with Crippen molar-refractivity contribution in [2.24, 2.45) is 0 Å². The van der Waals surface area contributed by atoms with Gasteiger partial charge in [0.15, 0.2) is 0 Å². The molecule has 0 aliphatic heterocycles. The number of esters is 1. The molecule has 24 heavy (non-hydrogen) atoms. The fourth-order valence-corrected chi connectivity index (χ4v) is 3.40. The van der Waals surface area contributed by atoms with E-state index in [1.807, 2.05) is 0 Å². The van der Waals surface area contributed by atoms with Crippen LogP contribution in [0.1, 0.15) is 24.2 Å². The minimum absolute atomic E-state index is 0.0527. The largest absolute Gasteiger partial charge is 0.462 e. The molecule has 0 bridgehead atoms. The van der Waals surface area contributed by atoms with Gasteiger partial charge in [-0.05, 0) is 38.1 Å². The third kappa shape index (κ3) is 6.10. The zero-order chi connectivity index (χ0) is 18.4. The average molecular weight is 378 g/mol. The molecule has 1 aromatic carbocycles. The van der Waals surface area contributed by atoms with Crippen LogP contribution in [0.15, 0.2) is 24.3 Å². The van der Waals surface area contributed by atoms with Gasteiger partial charge in [-0.25, -0.2) is 26.4 Å². The van der Waals surface area contributed by atoms with Crippen molar-refractivity contribution in [1.82, 2.24) is 4.72 Å². The number of carbonyl (C=O) groups is 1. The van der Waals surface area contributed by atoms with Crippen molar-refractivity contribution in [3.05, 3.63) is 29.8 Å². The van der Waals surface area contributed by atoms with Crippen LogP contribution < -0.4 is 9.03 Å². The number of sulfonamides is 2. The lowest BCUT2D eigenvalue weighted by atomic mass is 10.2. The Balaban J connectivity index is 2.92. The van der Waals surface area contributed by atoms with Crippen molar-refractivity contribution in [1.29, 1.82) is 0 Å². The van der Waals surface area contributed by atoms with E-state index in [0.29, 0.717) is 11.3 Å². The number of rotatable bonds is 9. The summed E-state index contributed by atoms with van der Waals surface area (Å²) < 4.78 is 55.0. The van der Waals surface area contributed by atoms with Gasteiger partial charge in [-0.1, -0.05) is 0 Å². The molecule has 0 atom stereocenters. The van der Waals surface area contributed by atoms with E-state index in [1.54, 1.807) is 6.92 Å². The predicted molar refractivity (Wildman–Crippen MR) is 92.1 cm³/mol. The Labute approximate surface area is 142 Å². The third-order valence-electron chi connectivity index (χ3n) is 3.08. The van der Waals surface area contributed by atoms with Gasteiger partial charge in [-0.15, -0.1) is 0 Å². The van der Waals surface area contributed by atoms with Crippen LogP contribution in [0, 0.1) is 0 Å². The zero-order valence-corrected chi connectivity index (χ0v) is 15.5. The molecule has 0 unspecified atom stereocenters. The number of benzene rings is 1. The summed E-state index contributed by atoms with van der Waals surface area (Å²) in [5.74, 6) is -0.578. The summed E-state index contributed by atoms with van der Waals surface area (Å²) in [4.78, 5) is 11.6. The molecule has 0 spiro atoms. The van der Waals surface area contributed by atoms with E-state index >= 15 is 0 Å². The van der Waals surface area contributed by atoms with E-state index in [1.165, 1.54) is 31.2 Å². The highest BCUT2D eigenvalue weighted by atomic mass is 32.2. The molecule has 10 heteroatoms. The van der Waals surface area contributed by atoms with Gasteiger partial charge in [0.2, 0.25) is 20.0 Å². The van der Waals surface area contributed by atoms with Crippen LogP contribution in [0.2, 0.25) is 0 Å². The molecule has 136 valence electrons. The maximum absolute atomic E-state index is 11.9. The van der Waals surface area contributed by atoms with Gasteiger partial charge in [0.1, 0.15) is 0 Å². The van der Waals surface area contributed by atoms with Crippen molar-refractivity contribution in [3.8, 4) is 0 Å². The molecular formula is C14H22N2O6S2. The first-order valence-electron chi connectivity index (χ1n) is 7.33. The van der Waals surface area contributed by atoms with Crippen LogP contribution >= 0.6 is 0 Å². The van der Waals surface area contributed by atoms with E-state index in [0.717, 1.165) is 10.6 Å². The second-order valence-electron chi connectivity index (χ2n) is 4.90. The first kappa shape index (κ1) is 20.4. The van der Waals surface area contributed by atoms with Crippen molar-refractivity contribution in [3.63, 3.8) is 0 Å². The molecule has 0 saturated carbocycles. The Hall–Kier alpha value is -1.65. The topological polar surface area (TPSA) is 110 Å². The number of carbonyl (C=O) groups excluding carboxylic acids is 1. The number of nitrogens with one attached hydrogen (secondary N) is 1. The number of anilines is 1. The van der Waals surface area contributed by atoms with Gasteiger partial charge in [0.05, 0.1) is 29.9 Å². The second kappa shape index (κ2) is 8.45. The van der Waals surface area contributed by atoms with Crippen LogP contribution in [0.5, 0.6) is 0 Å². The summed E-state index contributed by atoms with van der Waals surface area (Å²) >= 11 is 0. The third-order valence-corrected chi connectivity index (χ3v) is 5.68. The van der Waals surface area contributed by atoms with E-state index in [4.69, 9.17) is 4.74 Å². The Morgan fingerprint density at radius 3 is 2.17 bits per heavy atom. The zero-order valence-electron chi connectivity index (χ0n) is 13.9. The summed E-state index contributed by atoms with van der Waals surface area (Å²) in [6.45, 7) is 3.31. The molecule has 0 aliphatic rings. The smallest absolute Gasteiger partial charge is 0.338 e. The Kier molecular flexibility index (Phi) is 7.18. The van der Waals surface area contributed by atoms with Gasteiger partial charge in [0.25, 0.3) is 0 Å². The van der Waals surface area contributed by atoms with E-state index < -0.39 is 26.0 Å².